The highest BCUT2D eigenvalue weighted by Crippen LogP contribution is 2.40. The number of hydrogen-bond acceptors (Lipinski definition) is 8. The zero-order valence-corrected chi connectivity index (χ0v) is 20.9. The molecule has 3 aromatic carbocycles. The van der Waals surface area contributed by atoms with Crippen LogP contribution >= 0.6 is 0 Å². The molecule has 8 heteroatoms. The van der Waals surface area contributed by atoms with Crippen LogP contribution in [0.25, 0.3) is 11.3 Å². The summed E-state index contributed by atoms with van der Waals surface area (Å²) in [6.07, 6.45) is 0.580. The Morgan fingerprint density at radius 1 is 0.757 bits per heavy atom. The van der Waals surface area contributed by atoms with Crippen LogP contribution in [0.15, 0.2) is 79.0 Å². The van der Waals surface area contributed by atoms with Gasteiger partial charge in [-0.15, -0.1) is 0 Å². The average Bonchev–Trinajstić information content (AvgIpc) is 3.48. The molecular formula is C29H28N2O6. The number of rotatable bonds is 8. The second-order valence-corrected chi connectivity index (χ2v) is 8.44. The zero-order chi connectivity index (χ0) is 25.8. The van der Waals surface area contributed by atoms with Gasteiger partial charge in [-0.05, 0) is 66.2 Å². The third-order valence-electron chi connectivity index (χ3n) is 6.36. The van der Waals surface area contributed by atoms with Crippen molar-refractivity contribution in [1.29, 1.82) is 0 Å². The molecule has 1 aliphatic heterocycles. The fraction of sp³-hybridized carbons (Fsp3) is 0.241. The normalized spacial score (nSPS) is 15.2. The highest BCUT2D eigenvalue weighted by Gasteiger charge is 2.43. The minimum absolute atomic E-state index is 0.405. The number of aromatic nitrogens is 2. The lowest BCUT2D eigenvalue weighted by Gasteiger charge is -2.28. The van der Waals surface area contributed by atoms with E-state index in [1.807, 2.05) is 48.5 Å². The van der Waals surface area contributed by atoms with E-state index in [1.54, 1.807) is 51.8 Å². The molecule has 37 heavy (non-hydrogen) atoms. The summed E-state index contributed by atoms with van der Waals surface area (Å²) in [6.45, 7) is 0.809. The molecule has 0 saturated carbocycles. The van der Waals surface area contributed by atoms with Crippen LogP contribution in [0.1, 0.15) is 28.6 Å². The van der Waals surface area contributed by atoms with Crippen molar-refractivity contribution in [3.05, 3.63) is 102 Å². The molecule has 0 bridgehead atoms. The van der Waals surface area contributed by atoms with Gasteiger partial charge in [0, 0.05) is 11.1 Å². The van der Waals surface area contributed by atoms with Crippen LogP contribution in [-0.2, 0) is 15.3 Å². The Hall–Kier alpha value is -3.98. The van der Waals surface area contributed by atoms with E-state index in [4.69, 9.17) is 33.7 Å². The van der Waals surface area contributed by atoms with E-state index in [1.165, 1.54) is 0 Å². The molecule has 0 amide bonds. The molecule has 0 aliphatic carbocycles. The first-order chi connectivity index (χ1) is 18.1. The monoisotopic (exact) mass is 500 g/mol. The molecule has 1 saturated heterocycles. The second-order valence-electron chi connectivity index (χ2n) is 8.44. The van der Waals surface area contributed by atoms with E-state index in [2.05, 4.69) is 0 Å². The summed E-state index contributed by atoms with van der Waals surface area (Å²) in [5, 5.41) is 11.3. The molecule has 1 unspecified atom stereocenters. The Morgan fingerprint density at radius 2 is 1.27 bits per heavy atom. The Labute approximate surface area is 215 Å². The van der Waals surface area contributed by atoms with Gasteiger partial charge in [-0.3, -0.25) is 4.98 Å². The molecule has 1 aromatic heterocycles. The molecule has 1 atom stereocenters. The van der Waals surface area contributed by atoms with Crippen molar-refractivity contribution < 1.29 is 28.8 Å². The molecule has 4 aromatic rings. The lowest BCUT2D eigenvalue weighted by Crippen LogP contribution is -2.30. The summed E-state index contributed by atoms with van der Waals surface area (Å²) in [4.78, 5) is 9.69. The lowest BCUT2D eigenvalue weighted by atomic mass is 9.98. The molecule has 0 spiro atoms. The van der Waals surface area contributed by atoms with E-state index >= 15 is 0 Å². The number of nitrogens with zero attached hydrogens (tertiary/aromatic N) is 2. The lowest BCUT2D eigenvalue weighted by molar-refractivity contribution is -0.133. The first-order valence-electron chi connectivity index (χ1n) is 11.8. The van der Waals surface area contributed by atoms with Crippen LogP contribution in [-0.4, -0.2) is 49.6 Å². The third kappa shape index (κ3) is 4.74. The summed E-state index contributed by atoms with van der Waals surface area (Å²) in [5.41, 5.74) is 3.59. The van der Waals surface area contributed by atoms with Gasteiger partial charge in [0.2, 0.25) is 5.79 Å². The summed E-state index contributed by atoms with van der Waals surface area (Å²) < 4.78 is 28.2. The van der Waals surface area contributed by atoms with Crippen molar-refractivity contribution in [2.45, 2.75) is 11.9 Å². The molecule has 190 valence electrons. The Kier molecular flexibility index (Phi) is 7.05. The fourth-order valence-corrected chi connectivity index (χ4v) is 4.35. The highest BCUT2D eigenvalue weighted by atomic mass is 16.7. The second kappa shape index (κ2) is 10.6. The number of hydrogen-bond donors (Lipinski definition) is 1. The third-order valence-corrected chi connectivity index (χ3v) is 6.36. The Bertz CT molecular complexity index is 1330. The van der Waals surface area contributed by atoms with Crippen LogP contribution in [0.5, 0.6) is 17.2 Å². The standard InChI is InChI=1S/C29H28N2O6/c1-33-22-10-4-19(5-11-22)26-27(28(32)20-6-12-23(34-2)13-7-20)30-18-25(31-26)29(36-16-17-37-29)21-8-14-24(35-3)15-9-21/h4-15,18,28,32H,16-17H2,1-3H3. The molecule has 2 heterocycles. The van der Waals surface area contributed by atoms with Crippen LogP contribution in [0.4, 0.5) is 0 Å². The summed E-state index contributed by atoms with van der Waals surface area (Å²) in [7, 11) is 4.83. The maximum atomic E-state index is 11.3. The van der Waals surface area contributed by atoms with Gasteiger partial charge in [0.15, 0.2) is 0 Å². The number of ether oxygens (including phenoxy) is 5. The molecule has 8 nitrogen and oxygen atoms in total. The van der Waals surface area contributed by atoms with Crippen molar-refractivity contribution in [1.82, 2.24) is 9.97 Å². The number of aliphatic hydroxyl groups is 1. The highest BCUT2D eigenvalue weighted by molar-refractivity contribution is 5.64. The van der Waals surface area contributed by atoms with Gasteiger partial charge in [-0.25, -0.2) is 4.98 Å². The first kappa shape index (κ1) is 24.7. The first-order valence-corrected chi connectivity index (χ1v) is 11.8. The zero-order valence-electron chi connectivity index (χ0n) is 20.9. The quantitative estimate of drug-likeness (QED) is 0.378. The maximum Gasteiger partial charge on any atom is 0.241 e. The van der Waals surface area contributed by atoms with Gasteiger partial charge in [0.25, 0.3) is 0 Å². The molecule has 1 fully saturated rings. The smallest absolute Gasteiger partial charge is 0.241 e. The van der Waals surface area contributed by atoms with Crippen molar-refractivity contribution in [3.8, 4) is 28.5 Å². The Morgan fingerprint density at radius 3 is 1.81 bits per heavy atom. The van der Waals surface area contributed by atoms with Crippen LogP contribution < -0.4 is 14.2 Å². The summed E-state index contributed by atoms with van der Waals surface area (Å²) >= 11 is 0. The minimum atomic E-state index is -1.23. The van der Waals surface area contributed by atoms with E-state index in [0.717, 1.165) is 16.9 Å². The van der Waals surface area contributed by atoms with Gasteiger partial charge in [-0.2, -0.15) is 0 Å². The molecule has 1 N–H and O–H groups in total. The van der Waals surface area contributed by atoms with Gasteiger partial charge >= 0.3 is 0 Å². The maximum absolute atomic E-state index is 11.3. The molecular weight excluding hydrogens is 472 g/mol. The van der Waals surface area contributed by atoms with Gasteiger partial charge < -0.3 is 28.8 Å². The van der Waals surface area contributed by atoms with Crippen molar-refractivity contribution in [2.75, 3.05) is 34.5 Å². The van der Waals surface area contributed by atoms with Gasteiger partial charge in [0.1, 0.15) is 29.0 Å². The molecule has 5 rings (SSSR count). The predicted octanol–water partition coefficient (Wildman–Crippen LogP) is 4.50. The number of aliphatic hydroxyl groups excluding tert-OH is 1. The van der Waals surface area contributed by atoms with E-state index in [-0.39, 0.29) is 0 Å². The van der Waals surface area contributed by atoms with Crippen LogP contribution in [0.3, 0.4) is 0 Å². The van der Waals surface area contributed by atoms with Gasteiger partial charge in [-0.1, -0.05) is 12.1 Å². The number of methoxy groups -OCH3 is 3. The van der Waals surface area contributed by atoms with Crippen molar-refractivity contribution in [3.63, 3.8) is 0 Å². The van der Waals surface area contributed by atoms with Crippen molar-refractivity contribution >= 4 is 0 Å². The Balaban J connectivity index is 1.63. The summed E-state index contributed by atoms with van der Waals surface area (Å²) in [6, 6.07) is 22.1. The summed E-state index contributed by atoms with van der Waals surface area (Å²) in [5.74, 6) is 0.899. The molecule has 0 radical (unpaired) electrons. The van der Waals surface area contributed by atoms with Crippen LogP contribution in [0.2, 0.25) is 0 Å². The van der Waals surface area contributed by atoms with E-state index < -0.39 is 11.9 Å². The van der Waals surface area contributed by atoms with Crippen molar-refractivity contribution in [2.24, 2.45) is 0 Å². The SMILES string of the molecule is COc1ccc(-c2nc(C3(c4ccc(OC)cc4)OCCO3)cnc2C(O)c2ccc(OC)cc2)cc1. The van der Waals surface area contributed by atoms with E-state index in [9.17, 15) is 5.11 Å². The largest absolute Gasteiger partial charge is 0.497 e. The number of benzene rings is 3. The predicted molar refractivity (Wildman–Crippen MR) is 137 cm³/mol. The fourth-order valence-electron chi connectivity index (χ4n) is 4.35. The van der Waals surface area contributed by atoms with Crippen LogP contribution in [0, 0.1) is 0 Å². The minimum Gasteiger partial charge on any atom is -0.497 e. The average molecular weight is 501 g/mol. The molecule has 1 aliphatic rings. The van der Waals surface area contributed by atoms with Gasteiger partial charge in [0.05, 0.1) is 52.1 Å². The topological polar surface area (TPSA) is 92.2 Å². The van der Waals surface area contributed by atoms with E-state index in [0.29, 0.717) is 47.4 Å².